The van der Waals surface area contributed by atoms with Crippen molar-refractivity contribution in [1.29, 1.82) is 0 Å². The quantitative estimate of drug-likeness (QED) is 0.678. The third-order valence-electron chi connectivity index (χ3n) is 5.36. The van der Waals surface area contributed by atoms with Crippen molar-refractivity contribution in [2.75, 3.05) is 39.3 Å². The predicted octanol–water partition coefficient (Wildman–Crippen LogP) is 0.810. The molecule has 1 aromatic heterocycles. The lowest BCUT2D eigenvalue weighted by Crippen LogP contribution is -2.53. The van der Waals surface area contributed by atoms with Crippen molar-refractivity contribution in [2.24, 2.45) is 0 Å². The van der Waals surface area contributed by atoms with E-state index in [1.165, 1.54) is 0 Å². The van der Waals surface area contributed by atoms with Gasteiger partial charge in [0.25, 0.3) is 6.47 Å². The average Bonchev–Trinajstić information content (AvgIpc) is 2.84. The van der Waals surface area contributed by atoms with Crippen molar-refractivity contribution >= 4 is 18.3 Å². The number of carbonyl (C=O) groups is 3. The Morgan fingerprint density at radius 1 is 1.37 bits per heavy atom. The van der Waals surface area contributed by atoms with Crippen molar-refractivity contribution in [1.82, 2.24) is 20.1 Å². The van der Waals surface area contributed by atoms with E-state index in [0.717, 1.165) is 37.3 Å². The maximum absolute atomic E-state index is 12.6. The minimum Gasteiger partial charge on any atom is -0.483 e. The first-order valence-corrected chi connectivity index (χ1v) is 10.3. The van der Waals surface area contributed by atoms with E-state index in [9.17, 15) is 9.59 Å². The second-order valence-electron chi connectivity index (χ2n) is 7.64. The molecule has 0 atom stereocenters. The topological polar surface area (TPSA) is 112 Å². The van der Waals surface area contributed by atoms with Crippen LogP contribution in [0.2, 0.25) is 0 Å². The van der Waals surface area contributed by atoms with E-state index >= 15 is 0 Å². The smallest absolute Gasteiger partial charge is 0.290 e. The summed E-state index contributed by atoms with van der Waals surface area (Å²) >= 11 is 0. The van der Waals surface area contributed by atoms with E-state index in [4.69, 9.17) is 14.6 Å². The molecule has 30 heavy (non-hydrogen) atoms. The van der Waals surface area contributed by atoms with Gasteiger partial charge in [-0.3, -0.25) is 24.3 Å². The maximum Gasteiger partial charge on any atom is 0.290 e. The van der Waals surface area contributed by atoms with Crippen molar-refractivity contribution < 1.29 is 24.2 Å². The van der Waals surface area contributed by atoms with Crippen LogP contribution in [0, 0.1) is 6.92 Å². The van der Waals surface area contributed by atoms with Crippen LogP contribution in [0.1, 0.15) is 37.6 Å². The summed E-state index contributed by atoms with van der Waals surface area (Å²) in [5, 5.41) is 9.74. The molecular weight excluding hydrogens is 388 g/mol. The number of hydrogen-bond acceptors (Lipinski definition) is 6. The first-order chi connectivity index (χ1) is 14.4. The van der Waals surface area contributed by atoms with Crippen LogP contribution >= 0.6 is 0 Å². The molecule has 0 radical (unpaired) electrons. The number of piperidine rings is 1. The maximum atomic E-state index is 12.6. The normalized spacial score (nSPS) is 18.9. The summed E-state index contributed by atoms with van der Waals surface area (Å²) in [6.45, 7) is 7.92. The van der Waals surface area contributed by atoms with Crippen LogP contribution in [-0.4, -0.2) is 83.1 Å². The molecule has 0 unspecified atom stereocenters. The summed E-state index contributed by atoms with van der Waals surface area (Å²) in [5.74, 6) is 0.192. The molecule has 9 nitrogen and oxygen atoms in total. The van der Waals surface area contributed by atoms with Gasteiger partial charge in [0.05, 0.1) is 44.0 Å². The summed E-state index contributed by atoms with van der Waals surface area (Å²) in [6, 6.07) is 5.91. The Bertz CT molecular complexity index is 719. The highest BCUT2D eigenvalue weighted by Crippen LogP contribution is 2.30. The van der Waals surface area contributed by atoms with E-state index in [1.54, 1.807) is 0 Å². The molecule has 2 saturated heterocycles. The lowest BCUT2D eigenvalue weighted by Gasteiger charge is -2.42. The summed E-state index contributed by atoms with van der Waals surface area (Å²) in [7, 11) is 0. The monoisotopic (exact) mass is 420 g/mol. The van der Waals surface area contributed by atoms with Gasteiger partial charge in [-0.15, -0.1) is 0 Å². The number of ether oxygens (including phenoxy) is 1. The van der Waals surface area contributed by atoms with Crippen molar-refractivity contribution in [2.45, 2.75) is 45.3 Å². The molecule has 0 bridgehead atoms. The van der Waals surface area contributed by atoms with Gasteiger partial charge < -0.3 is 20.1 Å². The second-order valence-corrected chi connectivity index (χ2v) is 7.64. The van der Waals surface area contributed by atoms with E-state index in [2.05, 4.69) is 15.2 Å². The Balaban J connectivity index is 0.00000101. The van der Waals surface area contributed by atoms with Gasteiger partial charge in [0.2, 0.25) is 11.8 Å². The Morgan fingerprint density at radius 2 is 2.07 bits per heavy atom. The van der Waals surface area contributed by atoms with Crippen molar-refractivity contribution in [3.63, 3.8) is 0 Å². The number of carboxylic acid groups (broad SMARTS) is 1. The summed E-state index contributed by atoms with van der Waals surface area (Å²) in [6.07, 6.45) is 2.07. The van der Waals surface area contributed by atoms with Gasteiger partial charge in [-0.2, -0.15) is 0 Å². The highest BCUT2D eigenvalue weighted by atomic mass is 16.5. The second kappa shape index (κ2) is 11.6. The zero-order valence-electron chi connectivity index (χ0n) is 17.8. The Morgan fingerprint density at radius 3 is 2.70 bits per heavy atom. The summed E-state index contributed by atoms with van der Waals surface area (Å²) < 4.78 is 6.18. The first kappa shape index (κ1) is 23.8. The average molecular weight is 421 g/mol. The number of aromatic nitrogens is 1. The number of likely N-dealkylation sites (tertiary alicyclic amines) is 1. The number of amides is 2. The zero-order chi connectivity index (χ0) is 22.0. The van der Waals surface area contributed by atoms with Crippen LogP contribution in [0.25, 0.3) is 0 Å². The van der Waals surface area contributed by atoms with Gasteiger partial charge in [-0.25, -0.2) is 0 Å². The van der Waals surface area contributed by atoms with Gasteiger partial charge in [0.1, 0.15) is 0 Å². The zero-order valence-corrected chi connectivity index (χ0v) is 17.8. The number of aryl methyl sites for hydroxylation is 1. The van der Waals surface area contributed by atoms with Crippen LogP contribution in [0.15, 0.2) is 18.2 Å². The van der Waals surface area contributed by atoms with Crippen LogP contribution in [0.3, 0.4) is 0 Å². The number of hydrogen-bond donors (Lipinski definition) is 2. The molecule has 1 aromatic rings. The van der Waals surface area contributed by atoms with Crippen LogP contribution in [-0.2, 0) is 25.7 Å². The van der Waals surface area contributed by atoms with Crippen molar-refractivity contribution in [3.05, 3.63) is 29.6 Å². The fourth-order valence-corrected chi connectivity index (χ4v) is 3.90. The van der Waals surface area contributed by atoms with Gasteiger partial charge in [-0.05, 0) is 38.8 Å². The molecule has 2 fully saturated rings. The Kier molecular flexibility index (Phi) is 9.19. The van der Waals surface area contributed by atoms with Crippen LogP contribution < -0.4 is 5.32 Å². The number of carbonyl (C=O) groups excluding carboxylic acids is 2. The molecular formula is C21H32N4O5. The minimum atomic E-state index is -0.312. The lowest BCUT2D eigenvalue weighted by atomic mass is 9.90. The fourth-order valence-electron chi connectivity index (χ4n) is 3.90. The predicted molar refractivity (Wildman–Crippen MR) is 111 cm³/mol. The molecule has 2 N–H and O–H groups in total. The molecule has 1 spiro atoms. The molecule has 3 rings (SSSR count). The van der Waals surface area contributed by atoms with Crippen LogP contribution in [0.4, 0.5) is 0 Å². The fraction of sp³-hybridized carbons (Fsp3) is 0.619. The van der Waals surface area contributed by atoms with Gasteiger partial charge in [0.15, 0.2) is 0 Å². The number of likely N-dealkylation sites (N-methyl/N-ethyl adjacent to an activating group) is 1. The highest BCUT2D eigenvalue weighted by Gasteiger charge is 2.40. The summed E-state index contributed by atoms with van der Waals surface area (Å²) in [4.78, 5) is 41.3. The number of nitrogens with zero attached hydrogens (tertiary/aromatic N) is 3. The molecule has 9 heteroatoms. The van der Waals surface area contributed by atoms with Crippen molar-refractivity contribution in [3.8, 4) is 0 Å². The number of nitrogens with one attached hydrogen (secondary N) is 1. The lowest BCUT2D eigenvalue weighted by molar-refractivity contribution is -0.132. The molecule has 0 aromatic carbocycles. The Labute approximate surface area is 177 Å². The third kappa shape index (κ3) is 7.07. The molecule has 2 amide bonds. The Hall–Kier alpha value is -2.52. The molecule has 0 aliphatic carbocycles. The van der Waals surface area contributed by atoms with E-state index in [1.807, 2.05) is 36.9 Å². The van der Waals surface area contributed by atoms with E-state index in [0.29, 0.717) is 39.2 Å². The molecule has 0 saturated carbocycles. The molecule has 3 heterocycles. The highest BCUT2D eigenvalue weighted by molar-refractivity contribution is 5.78. The largest absolute Gasteiger partial charge is 0.483 e. The van der Waals surface area contributed by atoms with Gasteiger partial charge in [0, 0.05) is 25.3 Å². The standard InChI is InChI=1S/C20H30N4O3.CH2O2/c1-3-21-18(25)14-23-10-8-20(9-11-23)15-24(19(26)7-12-27-20)13-17-6-4-5-16(2)22-17;2-1-3/h4-6H,3,7-15H2,1-2H3,(H,21,25);1H,(H,2,3). The van der Waals surface area contributed by atoms with Gasteiger partial charge >= 0.3 is 0 Å². The molecule has 166 valence electrons. The van der Waals surface area contributed by atoms with E-state index < -0.39 is 0 Å². The van der Waals surface area contributed by atoms with Gasteiger partial charge in [-0.1, -0.05) is 6.07 Å². The minimum absolute atomic E-state index is 0.0672. The third-order valence-corrected chi connectivity index (χ3v) is 5.36. The number of pyridine rings is 1. The molecule has 2 aliphatic rings. The summed E-state index contributed by atoms with van der Waals surface area (Å²) in [5.41, 5.74) is 1.56. The van der Waals surface area contributed by atoms with Crippen LogP contribution in [0.5, 0.6) is 0 Å². The first-order valence-electron chi connectivity index (χ1n) is 10.3. The SMILES string of the molecule is CCNC(=O)CN1CCC2(CC1)CN(Cc1cccc(C)n1)C(=O)CCO2.O=CO. The van der Waals surface area contributed by atoms with E-state index in [-0.39, 0.29) is 23.9 Å². The number of rotatable bonds is 5. The molecule has 2 aliphatic heterocycles.